The average molecular weight is 288 g/mol. The standard InChI is InChI=1S/C12H14ClNO3S/c1-2-3-6-14-11-5-4-10(18(13,16)17)7-9(11)8-12(14)15/h4-5,7H,2-3,6,8H2,1H3. The lowest BCUT2D eigenvalue weighted by molar-refractivity contribution is -0.117. The van der Waals surface area contributed by atoms with Crippen LogP contribution in [-0.4, -0.2) is 20.9 Å². The molecule has 0 aliphatic carbocycles. The van der Waals surface area contributed by atoms with Crippen molar-refractivity contribution in [2.45, 2.75) is 31.1 Å². The molecule has 4 nitrogen and oxygen atoms in total. The number of fused-ring (bicyclic) bond motifs is 1. The topological polar surface area (TPSA) is 54.5 Å². The molecule has 1 aliphatic heterocycles. The molecule has 18 heavy (non-hydrogen) atoms. The maximum atomic E-state index is 11.8. The van der Waals surface area contributed by atoms with E-state index in [9.17, 15) is 13.2 Å². The Bertz CT molecular complexity index is 583. The van der Waals surface area contributed by atoms with Crippen LogP contribution in [0.5, 0.6) is 0 Å². The van der Waals surface area contributed by atoms with Crippen molar-refractivity contribution in [3.05, 3.63) is 23.8 Å². The van der Waals surface area contributed by atoms with Crippen molar-refractivity contribution in [2.75, 3.05) is 11.4 Å². The van der Waals surface area contributed by atoms with E-state index in [1.807, 2.05) is 0 Å². The summed E-state index contributed by atoms with van der Waals surface area (Å²) >= 11 is 0. The zero-order chi connectivity index (χ0) is 13.3. The molecule has 0 bridgehead atoms. The van der Waals surface area contributed by atoms with Gasteiger partial charge < -0.3 is 4.90 Å². The van der Waals surface area contributed by atoms with Crippen LogP contribution in [0.4, 0.5) is 5.69 Å². The Morgan fingerprint density at radius 2 is 2.11 bits per heavy atom. The van der Waals surface area contributed by atoms with Crippen molar-refractivity contribution in [1.29, 1.82) is 0 Å². The van der Waals surface area contributed by atoms with Crippen LogP contribution in [0.2, 0.25) is 0 Å². The summed E-state index contributed by atoms with van der Waals surface area (Å²) in [5, 5.41) is 0. The molecule has 0 spiro atoms. The Labute approximate surface area is 111 Å². The summed E-state index contributed by atoms with van der Waals surface area (Å²) in [6.07, 6.45) is 2.19. The number of carbonyl (C=O) groups excluding carboxylic acids is 1. The molecule has 0 radical (unpaired) electrons. The average Bonchev–Trinajstić information content (AvgIpc) is 2.60. The van der Waals surface area contributed by atoms with Gasteiger partial charge >= 0.3 is 0 Å². The molecule has 98 valence electrons. The second-order valence-electron chi connectivity index (χ2n) is 4.30. The number of benzene rings is 1. The lowest BCUT2D eigenvalue weighted by Crippen LogP contribution is -2.27. The first kappa shape index (κ1) is 13.4. The highest BCUT2D eigenvalue weighted by Crippen LogP contribution is 2.31. The van der Waals surface area contributed by atoms with Gasteiger partial charge in [-0.1, -0.05) is 13.3 Å². The van der Waals surface area contributed by atoms with Gasteiger partial charge in [-0.15, -0.1) is 0 Å². The molecule has 1 aromatic carbocycles. The molecule has 6 heteroatoms. The first-order valence-electron chi connectivity index (χ1n) is 5.81. The summed E-state index contributed by atoms with van der Waals surface area (Å²) in [6.45, 7) is 2.74. The summed E-state index contributed by atoms with van der Waals surface area (Å²) in [5.74, 6) is 0.0163. The second kappa shape index (κ2) is 4.90. The maximum absolute atomic E-state index is 11.8. The summed E-state index contributed by atoms with van der Waals surface area (Å²) in [7, 11) is 1.56. The van der Waals surface area contributed by atoms with E-state index in [-0.39, 0.29) is 17.2 Å². The number of amides is 1. The Balaban J connectivity index is 2.35. The van der Waals surface area contributed by atoms with E-state index in [1.165, 1.54) is 12.1 Å². The molecule has 1 aliphatic rings. The number of anilines is 1. The lowest BCUT2D eigenvalue weighted by Gasteiger charge is -2.16. The van der Waals surface area contributed by atoms with Gasteiger partial charge in [0.05, 0.1) is 11.3 Å². The fourth-order valence-corrected chi connectivity index (χ4v) is 2.87. The third-order valence-corrected chi connectivity index (χ3v) is 4.35. The molecule has 0 fully saturated rings. The number of halogens is 1. The maximum Gasteiger partial charge on any atom is 0.261 e. The Kier molecular flexibility index (Phi) is 3.64. The van der Waals surface area contributed by atoms with E-state index < -0.39 is 9.05 Å². The first-order valence-corrected chi connectivity index (χ1v) is 8.12. The molecular weight excluding hydrogens is 274 g/mol. The predicted octanol–water partition coefficient (Wildman–Crippen LogP) is 2.30. The van der Waals surface area contributed by atoms with Gasteiger partial charge in [-0.25, -0.2) is 8.42 Å². The molecule has 0 saturated heterocycles. The molecule has 0 aromatic heterocycles. The normalized spacial score (nSPS) is 15.0. The minimum Gasteiger partial charge on any atom is -0.312 e. The number of unbranched alkanes of at least 4 members (excludes halogenated alkanes) is 1. The molecule has 1 heterocycles. The van der Waals surface area contributed by atoms with Gasteiger partial charge in [-0.05, 0) is 30.2 Å². The fraction of sp³-hybridized carbons (Fsp3) is 0.417. The first-order chi connectivity index (χ1) is 8.43. The number of nitrogens with zero attached hydrogens (tertiary/aromatic N) is 1. The van der Waals surface area contributed by atoms with Crippen LogP contribution in [0.3, 0.4) is 0 Å². The molecule has 0 unspecified atom stereocenters. The number of rotatable bonds is 4. The zero-order valence-electron chi connectivity index (χ0n) is 10.0. The summed E-state index contributed by atoms with van der Waals surface area (Å²) in [4.78, 5) is 13.6. The van der Waals surface area contributed by atoms with Crippen LogP contribution in [0, 0.1) is 0 Å². The highest BCUT2D eigenvalue weighted by Gasteiger charge is 2.27. The Morgan fingerprint density at radius 3 is 2.72 bits per heavy atom. The van der Waals surface area contributed by atoms with Gasteiger partial charge in [0.25, 0.3) is 9.05 Å². The van der Waals surface area contributed by atoms with Crippen LogP contribution in [-0.2, 0) is 20.3 Å². The second-order valence-corrected chi connectivity index (χ2v) is 6.87. The van der Waals surface area contributed by atoms with Crippen LogP contribution in [0.25, 0.3) is 0 Å². The molecule has 1 amide bonds. The Hall–Kier alpha value is -1.07. The van der Waals surface area contributed by atoms with Crippen LogP contribution in [0.1, 0.15) is 25.3 Å². The lowest BCUT2D eigenvalue weighted by atomic mass is 10.2. The van der Waals surface area contributed by atoms with Gasteiger partial charge in [-0.2, -0.15) is 0 Å². The van der Waals surface area contributed by atoms with E-state index >= 15 is 0 Å². The number of hydrogen-bond acceptors (Lipinski definition) is 3. The van der Waals surface area contributed by atoms with Crippen molar-refractivity contribution in [1.82, 2.24) is 0 Å². The van der Waals surface area contributed by atoms with E-state index in [2.05, 4.69) is 6.92 Å². The summed E-state index contributed by atoms with van der Waals surface area (Å²) in [6, 6.07) is 4.59. The molecule has 1 aromatic rings. The third kappa shape index (κ3) is 2.52. The summed E-state index contributed by atoms with van der Waals surface area (Å²) in [5.41, 5.74) is 1.54. The highest BCUT2D eigenvalue weighted by molar-refractivity contribution is 8.13. The van der Waals surface area contributed by atoms with Crippen molar-refractivity contribution >= 4 is 31.3 Å². The largest absolute Gasteiger partial charge is 0.312 e. The molecule has 2 rings (SSSR count). The van der Waals surface area contributed by atoms with Crippen molar-refractivity contribution in [2.24, 2.45) is 0 Å². The monoisotopic (exact) mass is 287 g/mol. The minimum absolute atomic E-state index is 0.0163. The fourth-order valence-electron chi connectivity index (χ4n) is 2.07. The minimum atomic E-state index is -3.73. The van der Waals surface area contributed by atoms with Crippen molar-refractivity contribution in [3.63, 3.8) is 0 Å². The van der Waals surface area contributed by atoms with E-state index in [0.29, 0.717) is 6.54 Å². The Morgan fingerprint density at radius 1 is 1.39 bits per heavy atom. The zero-order valence-corrected chi connectivity index (χ0v) is 11.6. The van der Waals surface area contributed by atoms with Crippen LogP contribution in [0.15, 0.2) is 23.1 Å². The predicted molar refractivity (Wildman–Crippen MR) is 70.4 cm³/mol. The van der Waals surface area contributed by atoms with Crippen LogP contribution >= 0.6 is 10.7 Å². The van der Waals surface area contributed by atoms with Gasteiger partial charge in [0, 0.05) is 22.9 Å². The quantitative estimate of drug-likeness (QED) is 0.799. The van der Waals surface area contributed by atoms with Gasteiger partial charge in [0.1, 0.15) is 0 Å². The van der Waals surface area contributed by atoms with Gasteiger partial charge in [0.15, 0.2) is 0 Å². The van der Waals surface area contributed by atoms with Crippen molar-refractivity contribution < 1.29 is 13.2 Å². The van der Waals surface area contributed by atoms with E-state index in [1.54, 1.807) is 11.0 Å². The third-order valence-electron chi connectivity index (χ3n) is 3.00. The van der Waals surface area contributed by atoms with Gasteiger partial charge in [-0.3, -0.25) is 4.79 Å². The molecule has 0 atom stereocenters. The van der Waals surface area contributed by atoms with E-state index in [0.717, 1.165) is 24.1 Å². The molecule has 0 saturated carbocycles. The van der Waals surface area contributed by atoms with Crippen molar-refractivity contribution in [3.8, 4) is 0 Å². The smallest absolute Gasteiger partial charge is 0.261 e. The van der Waals surface area contributed by atoms with Crippen LogP contribution < -0.4 is 4.90 Å². The molecular formula is C12H14ClNO3S. The van der Waals surface area contributed by atoms with Gasteiger partial charge in [0.2, 0.25) is 5.91 Å². The SMILES string of the molecule is CCCCN1C(=O)Cc2cc(S(=O)(=O)Cl)ccc21. The summed E-state index contributed by atoms with van der Waals surface area (Å²) < 4.78 is 22.5. The highest BCUT2D eigenvalue weighted by atomic mass is 35.7. The molecule has 0 N–H and O–H groups in total. The number of hydrogen-bond donors (Lipinski definition) is 0. The number of carbonyl (C=O) groups is 1. The van der Waals surface area contributed by atoms with E-state index in [4.69, 9.17) is 10.7 Å².